The van der Waals surface area contributed by atoms with E-state index in [0.29, 0.717) is 29.8 Å². The maximum atomic E-state index is 12.5. The van der Waals surface area contributed by atoms with E-state index in [1.165, 1.54) is 0 Å². The van der Waals surface area contributed by atoms with Gasteiger partial charge in [0.15, 0.2) is 5.96 Å². The molecule has 1 heterocycles. The normalized spacial score (nSPS) is 12.3. The van der Waals surface area contributed by atoms with Crippen molar-refractivity contribution in [1.82, 2.24) is 20.3 Å². The lowest BCUT2D eigenvalue weighted by molar-refractivity contribution is 0.464. The summed E-state index contributed by atoms with van der Waals surface area (Å²) in [6.45, 7) is 8.40. The summed E-state index contributed by atoms with van der Waals surface area (Å²) in [5.41, 5.74) is 2.48. The van der Waals surface area contributed by atoms with Crippen LogP contribution in [0.5, 0.6) is 0 Å². The Bertz CT molecular complexity index is 900. The van der Waals surface area contributed by atoms with Gasteiger partial charge in [-0.25, -0.2) is 18.1 Å². The Labute approximate surface area is 160 Å². The summed E-state index contributed by atoms with van der Waals surface area (Å²) in [6.07, 6.45) is 0. The van der Waals surface area contributed by atoms with Crippen LogP contribution in [0.1, 0.15) is 28.5 Å². The van der Waals surface area contributed by atoms with Gasteiger partial charge in [0, 0.05) is 20.1 Å². The Morgan fingerprint density at radius 2 is 1.89 bits per heavy atom. The van der Waals surface area contributed by atoms with Crippen molar-refractivity contribution in [1.29, 1.82) is 0 Å². The van der Waals surface area contributed by atoms with Crippen molar-refractivity contribution in [3.8, 4) is 0 Å². The van der Waals surface area contributed by atoms with Gasteiger partial charge in [-0.3, -0.25) is 4.99 Å². The Morgan fingerprint density at radius 3 is 2.52 bits per heavy atom. The lowest BCUT2D eigenvalue weighted by atomic mass is 10.2. The molecule has 0 saturated heterocycles. The standard InChI is InChI=1S/C18H27N5O3S/c1-12-6-7-13(2)16(10-12)27(24,25)22-9-8-20-18(19-5)21-11-17-23-14(3)15(4)26-17/h6-7,10,22H,8-9,11H2,1-5H3,(H2,19,20,21). The van der Waals surface area contributed by atoms with Gasteiger partial charge in [0.1, 0.15) is 5.76 Å². The van der Waals surface area contributed by atoms with E-state index in [-0.39, 0.29) is 6.54 Å². The number of nitrogens with one attached hydrogen (secondary N) is 3. The first-order chi connectivity index (χ1) is 12.7. The number of sulfonamides is 1. The molecule has 0 atom stereocenters. The minimum Gasteiger partial charge on any atom is -0.444 e. The van der Waals surface area contributed by atoms with Gasteiger partial charge in [0.25, 0.3) is 0 Å². The van der Waals surface area contributed by atoms with Crippen molar-refractivity contribution in [2.24, 2.45) is 4.99 Å². The summed E-state index contributed by atoms with van der Waals surface area (Å²) in [4.78, 5) is 8.69. The molecule has 2 rings (SSSR count). The molecule has 0 aliphatic rings. The van der Waals surface area contributed by atoms with Crippen molar-refractivity contribution in [2.75, 3.05) is 20.1 Å². The summed E-state index contributed by atoms with van der Waals surface area (Å²) < 4.78 is 33.0. The van der Waals surface area contributed by atoms with Gasteiger partial charge in [-0.05, 0) is 44.9 Å². The number of hydrogen-bond acceptors (Lipinski definition) is 5. The van der Waals surface area contributed by atoms with E-state index in [2.05, 4.69) is 25.3 Å². The smallest absolute Gasteiger partial charge is 0.240 e. The molecule has 8 nitrogen and oxygen atoms in total. The van der Waals surface area contributed by atoms with Gasteiger partial charge in [-0.2, -0.15) is 0 Å². The fourth-order valence-corrected chi connectivity index (χ4v) is 3.79. The zero-order chi connectivity index (χ0) is 20.0. The number of benzene rings is 1. The largest absolute Gasteiger partial charge is 0.444 e. The highest BCUT2D eigenvalue weighted by atomic mass is 32.2. The predicted molar refractivity (Wildman–Crippen MR) is 105 cm³/mol. The minimum atomic E-state index is -3.55. The Morgan fingerprint density at radius 1 is 1.15 bits per heavy atom. The number of aliphatic imine (C=N–C) groups is 1. The summed E-state index contributed by atoms with van der Waals surface area (Å²) >= 11 is 0. The van der Waals surface area contributed by atoms with Crippen LogP contribution in [0.3, 0.4) is 0 Å². The van der Waals surface area contributed by atoms with Gasteiger partial charge in [0.2, 0.25) is 15.9 Å². The highest BCUT2D eigenvalue weighted by Gasteiger charge is 2.16. The number of rotatable bonds is 7. The van der Waals surface area contributed by atoms with Crippen molar-refractivity contribution < 1.29 is 12.8 Å². The van der Waals surface area contributed by atoms with E-state index in [1.807, 2.05) is 26.8 Å². The molecule has 0 aliphatic heterocycles. The van der Waals surface area contributed by atoms with E-state index >= 15 is 0 Å². The topological polar surface area (TPSA) is 109 Å². The molecular formula is C18H27N5O3S. The molecule has 27 heavy (non-hydrogen) atoms. The molecule has 9 heteroatoms. The molecule has 3 N–H and O–H groups in total. The van der Waals surface area contributed by atoms with Gasteiger partial charge in [-0.15, -0.1) is 0 Å². The first-order valence-corrected chi connectivity index (χ1v) is 10.2. The van der Waals surface area contributed by atoms with Crippen LogP contribution in [0.15, 0.2) is 32.5 Å². The zero-order valence-corrected chi connectivity index (χ0v) is 17.2. The monoisotopic (exact) mass is 393 g/mol. The van der Waals surface area contributed by atoms with Gasteiger partial charge in [-0.1, -0.05) is 12.1 Å². The first kappa shape index (κ1) is 20.9. The van der Waals surface area contributed by atoms with Crippen LogP contribution >= 0.6 is 0 Å². The van der Waals surface area contributed by atoms with E-state index in [4.69, 9.17) is 4.42 Å². The second-order valence-electron chi connectivity index (χ2n) is 6.27. The van der Waals surface area contributed by atoms with Crippen molar-refractivity contribution in [3.63, 3.8) is 0 Å². The van der Waals surface area contributed by atoms with Crippen LogP contribution in [0, 0.1) is 27.7 Å². The first-order valence-electron chi connectivity index (χ1n) is 8.67. The van der Waals surface area contributed by atoms with Crippen LogP contribution in [0.25, 0.3) is 0 Å². The van der Waals surface area contributed by atoms with Crippen LogP contribution in [-0.4, -0.2) is 39.5 Å². The molecule has 2 aromatic rings. The molecule has 148 valence electrons. The maximum Gasteiger partial charge on any atom is 0.240 e. The maximum absolute atomic E-state index is 12.5. The van der Waals surface area contributed by atoms with E-state index in [0.717, 1.165) is 22.6 Å². The van der Waals surface area contributed by atoms with Crippen molar-refractivity contribution in [2.45, 2.75) is 39.1 Å². The number of nitrogens with zero attached hydrogens (tertiary/aromatic N) is 2. The third-order valence-corrected chi connectivity index (χ3v) is 5.65. The van der Waals surface area contributed by atoms with Crippen LogP contribution in [-0.2, 0) is 16.6 Å². The quantitative estimate of drug-likeness (QED) is 0.374. The molecule has 0 fully saturated rings. The van der Waals surface area contributed by atoms with Gasteiger partial charge < -0.3 is 15.1 Å². The molecule has 1 aromatic heterocycles. The highest BCUT2D eigenvalue weighted by Crippen LogP contribution is 2.16. The second-order valence-corrected chi connectivity index (χ2v) is 8.00. The fraction of sp³-hybridized carbons (Fsp3) is 0.444. The summed E-state index contributed by atoms with van der Waals surface area (Å²) in [5.74, 6) is 1.90. The van der Waals surface area contributed by atoms with Gasteiger partial charge >= 0.3 is 0 Å². The third-order valence-electron chi connectivity index (χ3n) is 4.05. The molecule has 1 aromatic carbocycles. The van der Waals surface area contributed by atoms with Crippen LogP contribution in [0.4, 0.5) is 0 Å². The second kappa shape index (κ2) is 9.01. The van der Waals surface area contributed by atoms with Gasteiger partial charge in [0.05, 0.1) is 17.1 Å². The van der Waals surface area contributed by atoms with Crippen molar-refractivity contribution >= 4 is 16.0 Å². The highest BCUT2D eigenvalue weighted by molar-refractivity contribution is 7.89. The van der Waals surface area contributed by atoms with Crippen LogP contribution < -0.4 is 15.4 Å². The molecule has 0 unspecified atom stereocenters. The molecule has 0 amide bonds. The molecule has 0 spiro atoms. The summed E-state index contributed by atoms with van der Waals surface area (Å²) in [6, 6.07) is 5.37. The lowest BCUT2D eigenvalue weighted by Gasteiger charge is -2.12. The van der Waals surface area contributed by atoms with E-state index < -0.39 is 10.0 Å². The molecule has 0 saturated carbocycles. The number of aromatic nitrogens is 1. The minimum absolute atomic E-state index is 0.230. The van der Waals surface area contributed by atoms with Crippen LogP contribution in [0.2, 0.25) is 0 Å². The SMILES string of the molecule is CN=C(NCCNS(=O)(=O)c1cc(C)ccc1C)NCc1nc(C)c(C)o1. The Balaban J connectivity index is 1.82. The average molecular weight is 394 g/mol. The zero-order valence-electron chi connectivity index (χ0n) is 16.4. The summed E-state index contributed by atoms with van der Waals surface area (Å²) in [5, 5.41) is 6.13. The molecule has 0 radical (unpaired) electrons. The Kier molecular flexibility index (Phi) is 6.98. The molecule has 0 bridgehead atoms. The third kappa shape index (κ3) is 5.80. The Hall–Kier alpha value is -2.39. The number of aryl methyl sites for hydroxylation is 4. The average Bonchev–Trinajstić information content (AvgIpc) is 2.94. The molecule has 0 aliphatic carbocycles. The predicted octanol–water partition coefficient (Wildman–Crippen LogP) is 1.55. The summed E-state index contributed by atoms with van der Waals surface area (Å²) in [7, 11) is -1.91. The lowest BCUT2D eigenvalue weighted by Crippen LogP contribution is -2.41. The molecular weight excluding hydrogens is 366 g/mol. The number of guanidine groups is 1. The van der Waals surface area contributed by atoms with E-state index in [1.54, 1.807) is 26.1 Å². The van der Waals surface area contributed by atoms with Crippen molar-refractivity contribution in [3.05, 3.63) is 46.7 Å². The van der Waals surface area contributed by atoms with E-state index in [9.17, 15) is 8.42 Å². The number of hydrogen-bond donors (Lipinski definition) is 3. The number of oxazole rings is 1. The fourth-order valence-electron chi connectivity index (χ4n) is 2.44.